The van der Waals surface area contributed by atoms with Gasteiger partial charge in [-0.15, -0.1) is 0 Å². The molecule has 4 amide bonds. The van der Waals surface area contributed by atoms with Crippen LogP contribution in [0.1, 0.15) is 20.8 Å². The summed E-state index contributed by atoms with van der Waals surface area (Å²) in [5.41, 5.74) is 0.390. The summed E-state index contributed by atoms with van der Waals surface area (Å²) in [5, 5.41) is 2.23. The van der Waals surface area contributed by atoms with Crippen LogP contribution in [-0.4, -0.2) is 24.5 Å². The number of urea groups is 1. The Labute approximate surface area is 123 Å². The molecule has 0 bridgehead atoms. The van der Waals surface area contributed by atoms with E-state index in [4.69, 9.17) is 4.74 Å². The molecule has 1 aliphatic rings. The third-order valence-electron chi connectivity index (χ3n) is 3.26. The van der Waals surface area contributed by atoms with Gasteiger partial charge in [0.1, 0.15) is 11.7 Å². The molecule has 21 heavy (non-hydrogen) atoms. The lowest BCUT2D eigenvalue weighted by molar-refractivity contribution is -0.136. The van der Waals surface area contributed by atoms with Gasteiger partial charge in [-0.25, -0.2) is 9.69 Å². The molecular weight excluding hydrogens is 272 g/mol. The number of hydrogen-bond acceptors (Lipinski definition) is 4. The van der Waals surface area contributed by atoms with Crippen LogP contribution >= 0.6 is 0 Å². The molecule has 1 saturated heterocycles. The number of barbiturate groups is 1. The maximum atomic E-state index is 12.5. The minimum Gasteiger partial charge on any atom is -0.494 e. The van der Waals surface area contributed by atoms with Crippen molar-refractivity contribution in [2.45, 2.75) is 20.8 Å². The van der Waals surface area contributed by atoms with Crippen molar-refractivity contribution in [1.82, 2.24) is 5.32 Å². The van der Waals surface area contributed by atoms with Crippen molar-refractivity contribution in [2.24, 2.45) is 11.8 Å². The number of anilines is 1. The van der Waals surface area contributed by atoms with E-state index < -0.39 is 23.8 Å². The molecule has 1 atom stereocenters. The standard InChI is InChI=1S/C15H18N2O4/c1-4-21-11-7-5-6-10(8-11)17-14(19)12(9(2)3)13(18)16-15(17)20/h5-9,12H,4H2,1-3H3,(H,16,18,20). The lowest BCUT2D eigenvalue weighted by Gasteiger charge is -2.31. The molecule has 2 rings (SSSR count). The number of rotatable bonds is 4. The molecule has 6 nitrogen and oxygen atoms in total. The van der Waals surface area contributed by atoms with Gasteiger partial charge < -0.3 is 4.74 Å². The average Bonchev–Trinajstić information content (AvgIpc) is 2.38. The fourth-order valence-electron chi connectivity index (χ4n) is 2.30. The Bertz CT molecular complexity index is 583. The van der Waals surface area contributed by atoms with Crippen LogP contribution in [0.2, 0.25) is 0 Å². The van der Waals surface area contributed by atoms with Gasteiger partial charge in [-0.3, -0.25) is 14.9 Å². The lowest BCUT2D eigenvalue weighted by Crippen LogP contribution is -2.59. The summed E-state index contributed by atoms with van der Waals surface area (Å²) >= 11 is 0. The van der Waals surface area contributed by atoms with E-state index >= 15 is 0 Å². The second-order valence-corrected chi connectivity index (χ2v) is 5.12. The summed E-state index contributed by atoms with van der Waals surface area (Å²) in [6.45, 7) is 5.87. The second-order valence-electron chi connectivity index (χ2n) is 5.12. The average molecular weight is 290 g/mol. The van der Waals surface area contributed by atoms with Crippen molar-refractivity contribution in [3.8, 4) is 5.75 Å². The van der Waals surface area contributed by atoms with Gasteiger partial charge in [0, 0.05) is 6.07 Å². The SMILES string of the molecule is CCOc1cccc(N2C(=O)NC(=O)C(C(C)C)C2=O)c1. The number of carbonyl (C=O) groups excluding carboxylic acids is 3. The predicted molar refractivity (Wildman–Crippen MR) is 77.0 cm³/mol. The minimum absolute atomic E-state index is 0.192. The van der Waals surface area contributed by atoms with E-state index in [9.17, 15) is 14.4 Å². The highest BCUT2D eigenvalue weighted by Crippen LogP contribution is 2.27. The van der Waals surface area contributed by atoms with Crippen LogP contribution in [0.4, 0.5) is 10.5 Å². The van der Waals surface area contributed by atoms with E-state index in [-0.39, 0.29) is 5.92 Å². The lowest BCUT2D eigenvalue weighted by atomic mass is 9.92. The Balaban J connectivity index is 2.37. The van der Waals surface area contributed by atoms with E-state index in [2.05, 4.69) is 5.32 Å². The number of benzene rings is 1. The van der Waals surface area contributed by atoms with E-state index in [1.165, 1.54) is 0 Å². The van der Waals surface area contributed by atoms with Crippen molar-refractivity contribution in [3.05, 3.63) is 24.3 Å². The molecule has 1 aromatic carbocycles. The van der Waals surface area contributed by atoms with Gasteiger partial charge in [-0.05, 0) is 25.0 Å². The fraction of sp³-hybridized carbons (Fsp3) is 0.400. The molecule has 112 valence electrons. The number of carbonyl (C=O) groups is 3. The Morgan fingerprint density at radius 2 is 2.00 bits per heavy atom. The Morgan fingerprint density at radius 3 is 2.62 bits per heavy atom. The quantitative estimate of drug-likeness (QED) is 0.860. The summed E-state index contributed by atoms with van der Waals surface area (Å²) < 4.78 is 5.37. The highest BCUT2D eigenvalue weighted by Gasteiger charge is 2.42. The third-order valence-corrected chi connectivity index (χ3v) is 3.26. The predicted octanol–water partition coefficient (Wildman–Crippen LogP) is 1.94. The summed E-state index contributed by atoms with van der Waals surface area (Å²) in [5.74, 6) is -1.54. The fourth-order valence-corrected chi connectivity index (χ4v) is 2.30. The topological polar surface area (TPSA) is 75.7 Å². The van der Waals surface area contributed by atoms with Crippen LogP contribution in [0.25, 0.3) is 0 Å². The second kappa shape index (κ2) is 5.95. The van der Waals surface area contributed by atoms with Gasteiger partial charge in [-0.1, -0.05) is 19.9 Å². The van der Waals surface area contributed by atoms with Crippen molar-refractivity contribution in [2.75, 3.05) is 11.5 Å². The van der Waals surface area contributed by atoms with Crippen molar-refractivity contribution in [1.29, 1.82) is 0 Å². The molecule has 6 heteroatoms. The van der Waals surface area contributed by atoms with Crippen LogP contribution in [0.3, 0.4) is 0 Å². The Hall–Kier alpha value is -2.37. The Kier molecular flexibility index (Phi) is 4.26. The zero-order valence-corrected chi connectivity index (χ0v) is 12.3. The van der Waals surface area contributed by atoms with E-state index in [0.717, 1.165) is 4.90 Å². The molecule has 1 N–H and O–H groups in total. The van der Waals surface area contributed by atoms with Crippen molar-refractivity contribution in [3.63, 3.8) is 0 Å². The zero-order valence-electron chi connectivity index (χ0n) is 12.3. The number of amides is 4. The monoisotopic (exact) mass is 290 g/mol. The van der Waals surface area contributed by atoms with Gasteiger partial charge in [0.2, 0.25) is 11.8 Å². The first-order chi connectivity index (χ1) is 9.95. The summed E-state index contributed by atoms with van der Waals surface area (Å²) in [4.78, 5) is 37.2. The van der Waals surface area contributed by atoms with Crippen molar-refractivity contribution >= 4 is 23.5 Å². The first-order valence-electron chi connectivity index (χ1n) is 6.87. The smallest absolute Gasteiger partial charge is 0.335 e. The molecule has 0 saturated carbocycles. The largest absolute Gasteiger partial charge is 0.494 e. The van der Waals surface area contributed by atoms with Gasteiger partial charge in [0.15, 0.2) is 0 Å². The molecule has 0 radical (unpaired) electrons. The highest BCUT2D eigenvalue weighted by molar-refractivity contribution is 6.27. The van der Waals surface area contributed by atoms with Crippen LogP contribution in [-0.2, 0) is 9.59 Å². The maximum absolute atomic E-state index is 12.5. The Morgan fingerprint density at radius 1 is 1.29 bits per heavy atom. The van der Waals surface area contributed by atoms with Crippen LogP contribution in [0.15, 0.2) is 24.3 Å². The molecule has 0 spiro atoms. The first kappa shape index (κ1) is 15.0. The molecule has 1 fully saturated rings. The van der Waals surface area contributed by atoms with Crippen LogP contribution < -0.4 is 15.0 Å². The zero-order chi connectivity index (χ0) is 15.6. The first-order valence-corrected chi connectivity index (χ1v) is 6.87. The van der Waals surface area contributed by atoms with Crippen LogP contribution in [0, 0.1) is 11.8 Å². The van der Waals surface area contributed by atoms with Gasteiger partial charge in [0.25, 0.3) is 0 Å². The number of hydrogen-bond donors (Lipinski definition) is 1. The van der Waals surface area contributed by atoms with E-state index in [1.807, 2.05) is 6.92 Å². The molecule has 1 aromatic rings. The molecule has 1 aliphatic heterocycles. The summed E-state index contributed by atoms with van der Waals surface area (Å²) in [6, 6.07) is 5.95. The highest BCUT2D eigenvalue weighted by atomic mass is 16.5. The summed E-state index contributed by atoms with van der Waals surface area (Å²) in [6.07, 6.45) is 0. The molecular formula is C15H18N2O4. The van der Waals surface area contributed by atoms with E-state index in [0.29, 0.717) is 18.0 Å². The molecule has 0 aliphatic carbocycles. The number of nitrogens with zero attached hydrogens (tertiary/aromatic N) is 1. The van der Waals surface area contributed by atoms with Gasteiger partial charge >= 0.3 is 6.03 Å². The summed E-state index contributed by atoms with van der Waals surface area (Å²) in [7, 11) is 0. The number of imide groups is 2. The third kappa shape index (κ3) is 2.89. The molecule has 1 unspecified atom stereocenters. The van der Waals surface area contributed by atoms with Gasteiger partial charge in [0.05, 0.1) is 12.3 Å². The number of nitrogens with one attached hydrogen (secondary N) is 1. The van der Waals surface area contributed by atoms with Crippen molar-refractivity contribution < 1.29 is 19.1 Å². The normalized spacial score (nSPS) is 19.0. The van der Waals surface area contributed by atoms with Crippen LogP contribution in [0.5, 0.6) is 5.75 Å². The van der Waals surface area contributed by atoms with Gasteiger partial charge in [-0.2, -0.15) is 0 Å². The molecule has 1 heterocycles. The minimum atomic E-state index is -0.863. The number of ether oxygens (including phenoxy) is 1. The molecule has 0 aromatic heterocycles. The van der Waals surface area contributed by atoms with E-state index in [1.54, 1.807) is 38.1 Å². The maximum Gasteiger partial charge on any atom is 0.335 e.